The van der Waals surface area contributed by atoms with Crippen LogP contribution in [0.5, 0.6) is 5.75 Å². The summed E-state index contributed by atoms with van der Waals surface area (Å²) >= 11 is 0. The van der Waals surface area contributed by atoms with E-state index in [1.807, 2.05) is 24.3 Å². The van der Waals surface area contributed by atoms with Crippen molar-refractivity contribution in [2.24, 2.45) is 5.11 Å². The van der Waals surface area contributed by atoms with Crippen LogP contribution in [0.4, 0.5) is 0 Å². The van der Waals surface area contributed by atoms with Gasteiger partial charge in [0.15, 0.2) is 0 Å². The Kier molecular flexibility index (Phi) is 5.28. The first-order chi connectivity index (χ1) is 8.67. The Labute approximate surface area is 104 Å². The van der Waals surface area contributed by atoms with Gasteiger partial charge in [0.05, 0.1) is 7.11 Å². The van der Waals surface area contributed by atoms with Gasteiger partial charge in [-0.05, 0) is 36.1 Å². The molecule has 0 amide bonds. The van der Waals surface area contributed by atoms with Gasteiger partial charge < -0.3 is 9.84 Å². The van der Waals surface area contributed by atoms with Crippen LogP contribution in [0.15, 0.2) is 41.2 Å². The maximum atomic E-state index is 10.7. The minimum absolute atomic E-state index is 0.277. The molecular formula is C12H13N3O3. The second kappa shape index (κ2) is 6.98. The van der Waals surface area contributed by atoms with E-state index < -0.39 is 5.97 Å². The summed E-state index contributed by atoms with van der Waals surface area (Å²) in [5.74, 6) is -0.469. The molecule has 0 atom stereocenters. The molecule has 0 radical (unpaired) electrons. The van der Waals surface area contributed by atoms with Gasteiger partial charge in [-0.15, -0.1) is 0 Å². The third-order valence-electron chi connectivity index (χ3n) is 2.28. The second-order valence-electron chi connectivity index (χ2n) is 3.47. The van der Waals surface area contributed by atoms with Crippen molar-refractivity contribution < 1.29 is 14.6 Å². The normalized spacial score (nSPS) is 10.6. The molecule has 94 valence electrons. The van der Waals surface area contributed by atoms with E-state index in [0.717, 1.165) is 11.3 Å². The summed E-state index contributed by atoms with van der Waals surface area (Å²) in [6, 6.07) is 7.50. The summed E-state index contributed by atoms with van der Waals surface area (Å²) in [5, 5.41) is 11.8. The highest BCUT2D eigenvalue weighted by molar-refractivity contribution is 5.85. The van der Waals surface area contributed by atoms with E-state index in [1.54, 1.807) is 7.11 Å². The van der Waals surface area contributed by atoms with Crippen molar-refractivity contribution in [1.82, 2.24) is 0 Å². The topological polar surface area (TPSA) is 95.3 Å². The lowest BCUT2D eigenvalue weighted by atomic mass is 10.1. The van der Waals surface area contributed by atoms with Gasteiger partial charge in [-0.3, -0.25) is 0 Å². The molecule has 1 aromatic carbocycles. The van der Waals surface area contributed by atoms with Crippen LogP contribution < -0.4 is 4.74 Å². The first-order valence-corrected chi connectivity index (χ1v) is 5.29. The predicted molar refractivity (Wildman–Crippen MR) is 66.2 cm³/mol. The minimum Gasteiger partial charge on any atom is -0.497 e. The fraction of sp³-hybridized carbons (Fsp3) is 0.250. The molecule has 0 saturated heterocycles. The lowest BCUT2D eigenvalue weighted by Crippen LogP contribution is -1.97. The van der Waals surface area contributed by atoms with Gasteiger partial charge in [0.2, 0.25) is 0 Å². The molecule has 0 aromatic heterocycles. The van der Waals surface area contributed by atoms with Crippen LogP contribution in [0.25, 0.3) is 10.4 Å². The van der Waals surface area contributed by atoms with Crippen LogP contribution in [0.1, 0.15) is 12.0 Å². The van der Waals surface area contributed by atoms with E-state index in [9.17, 15) is 4.79 Å². The molecule has 0 heterocycles. The number of hydrogen-bond donors (Lipinski definition) is 1. The number of hydrogen-bond acceptors (Lipinski definition) is 3. The van der Waals surface area contributed by atoms with Crippen molar-refractivity contribution in [3.8, 4) is 5.75 Å². The molecule has 1 N–H and O–H groups in total. The summed E-state index contributed by atoms with van der Waals surface area (Å²) < 4.78 is 5.08. The second-order valence-corrected chi connectivity index (χ2v) is 3.47. The van der Waals surface area contributed by atoms with Gasteiger partial charge in [-0.1, -0.05) is 23.3 Å². The number of ether oxygens (including phenoxy) is 1. The van der Waals surface area contributed by atoms with Gasteiger partial charge in [0.25, 0.3) is 0 Å². The van der Waals surface area contributed by atoms with Crippen LogP contribution in [-0.2, 0) is 11.2 Å². The van der Waals surface area contributed by atoms with Crippen LogP contribution in [0.2, 0.25) is 0 Å². The smallest absolute Gasteiger partial charge is 0.337 e. The van der Waals surface area contributed by atoms with E-state index in [0.29, 0.717) is 12.8 Å². The number of carboxylic acid groups (broad SMARTS) is 1. The summed E-state index contributed by atoms with van der Waals surface area (Å²) in [4.78, 5) is 13.1. The lowest BCUT2D eigenvalue weighted by molar-refractivity contribution is -0.132. The molecule has 0 aliphatic heterocycles. The quantitative estimate of drug-likeness (QED) is 0.362. The predicted octanol–water partition coefficient (Wildman–Crippen LogP) is 2.91. The highest BCUT2D eigenvalue weighted by atomic mass is 16.5. The molecule has 18 heavy (non-hydrogen) atoms. The zero-order valence-electron chi connectivity index (χ0n) is 9.91. The number of carbonyl (C=O) groups is 1. The highest BCUT2D eigenvalue weighted by Gasteiger charge is 2.03. The molecule has 0 fully saturated rings. The van der Waals surface area contributed by atoms with E-state index in [2.05, 4.69) is 10.0 Å². The van der Waals surface area contributed by atoms with Crippen LogP contribution >= 0.6 is 0 Å². The average molecular weight is 247 g/mol. The molecule has 0 spiro atoms. The summed E-state index contributed by atoms with van der Waals surface area (Å²) in [7, 11) is 1.59. The number of aliphatic carboxylic acids is 1. The average Bonchev–Trinajstić information content (AvgIpc) is 2.38. The third kappa shape index (κ3) is 4.19. The number of aryl methyl sites for hydroxylation is 1. The number of methoxy groups -OCH3 is 1. The van der Waals surface area contributed by atoms with Gasteiger partial charge in [-0.25, -0.2) is 4.79 Å². The molecule has 6 nitrogen and oxygen atoms in total. The Morgan fingerprint density at radius 1 is 1.61 bits per heavy atom. The summed E-state index contributed by atoms with van der Waals surface area (Å²) in [5.41, 5.74) is 8.95. The SMILES string of the molecule is COc1cccc(CCC=C(N=[N+]=[N-])C(=O)O)c1. The van der Waals surface area contributed by atoms with E-state index in [4.69, 9.17) is 15.4 Å². The number of carboxylic acids is 1. The molecule has 1 aromatic rings. The van der Waals surface area contributed by atoms with Crippen LogP contribution in [0.3, 0.4) is 0 Å². The van der Waals surface area contributed by atoms with E-state index in [-0.39, 0.29) is 5.70 Å². The lowest BCUT2D eigenvalue weighted by Gasteiger charge is -2.02. The third-order valence-corrected chi connectivity index (χ3v) is 2.28. The van der Waals surface area contributed by atoms with Crippen molar-refractivity contribution >= 4 is 5.97 Å². The Hall–Kier alpha value is -2.46. The fourth-order valence-corrected chi connectivity index (χ4v) is 1.42. The highest BCUT2D eigenvalue weighted by Crippen LogP contribution is 2.14. The maximum absolute atomic E-state index is 10.7. The number of rotatable bonds is 6. The molecule has 0 unspecified atom stereocenters. The molecule has 1 rings (SSSR count). The zero-order chi connectivity index (χ0) is 13.4. The molecule has 6 heteroatoms. The minimum atomic E-state index is -1.22. The standard InChI is InChI=1S/C12H13N3O3/c1-18-10-6-2-4-9(8-10)5-3-7-11(12(16)17)14-15-13/h2,4,6-8H,3,5H2,1H3,(H,16,17). The molecule has 0 saturated carbocycles. The van der Waals surface area contributed by atoms with Gasteiger partial charge in [0.1, 0.15) is 11.4 Å². The Bertz CT molecular complexity index is 501. The van der Waals surface area contributed by atoms with Crippen molar-refractivity contribution in [3.63, 3.8) is 0 Å². The number of nitrogens with zero attached hydrogens (tertiary/aromatic N) is 3. The number of azide groups is 1. The zero-order valence-corrected chi connectivity index (χ0v) is 9.91. The monoisotopic (exact) mass is 247 g/mol. The fourth-order valence-electron chi connectivity index (χ4n) is 1.42. The van der Waals surface area contributed by atoms with Crippen LogP contribution in [0, 0.1) is 0 Å². The molecule has 0 aliphatic carbocycles. The first-order valence-electron chi connectivity index (χ1n) is 5.29. The molecule has 0 aliphatic rings. The van der Waals surface area contributed by atoms with Crippen molar-refractivity contribution in [1.29, 1.82) is 0 Å². The van der Waals surface area contributed by atoms with Crippen molar-refractivity contribution in [2.45, 2.75) is 12.8 Å². The molecule has 0 bridgehead atoms. The number of allylic oxidation sites excluding steroid dienone is 1. The van der Waals surface area contributed by atoms with Crippen LogP contribution in [-0.4, -0.2) is 18.2 Å². The number of benzene rings is 1. The van der Waals surface area contributed by atoms with Gasteiger partial charge in [-0.2, -0.15) is 0 Å². The van der Waals surface area contributed by atoms with E-state index >= 15 is 0 Å². The van der Waals surface area contributed by atoms with Crippen molar-refractivity contribution in [3.05, 3.63) is 52.0 Å². The van der Waals surface area contributed by atoms with E-state index in [1.165, 1.54) is 6.08 Å². The van der Waals surface area contributed by atoms with Crippen molar-refractivity contribution in [2.75, 3.05) is 7.11 Å². The van der Waals surface area contributed by atoms with Gasteiger partial charge >= 0.3 is 5.97 Å². The summed E-state index contributed by atoms with van der Waals surface area (Å²) in [6.45, 7) is 0. The van der Waals surface area contributed by atoms with Gasteiger partial charge in [0, 0.05) is 4.91 Å². The summed E-state index contributed by atoms with van der Waals surface area (Å²) in [6.07, 6.45) is 2.53. The Morgan fingerprint density at radius 3 is 3.00 bits per heavy atom. The Balaban J connectivity index is 2.66. The molecular weight excluding hydrogens is 234 g/mol. The Morgan fingerprint density at radius 2 is 2.39 bits per heavy atom. The largest absolute Gasteiger partial charge is 0.497 e. The maximum Gasteiger partial charge on any atom is 0.337 e. The first kappa shape index (κ1) is 13.6.